The van der Waals surface area contributed by atoms with E-state index in [0.717, 1.165) is 24.3 Å². The molecule has 12 nitrogen and oxygen atoms in total. The van der Waals surface area contributed by atoms with E-state index in [1.807, 2.05) is 0 Å². The summed E-state index contributed by atoms with van der Waals surface area (Å²) >= 11 is 0. The fourth-order valence-electron chi connectivity index (χ4n) is 5.09. The molecule has 0 saturated heterocycles. The maximum atomic E-state index is 14.8. The molecule has 0 unspecified atom stereocenters. The van der Waals surface area contributed by atoms with E-state index in [2.05, 4.69) is 0 Å². The number of halogens is 4. The van der Waals surface area contributed by atoms with E-state index in [-0.39, 0.29) is 56.5 Å². The van der Waals surface area contributed by atoms with Gasteiger partial charge >= 0.3 is 6.18 Å². The number of alkyl halides is 3. The Bertz CT molecular complexity index is 1800. The summed E-state index contributed by atoms with van der Waals surface area (Å²) in [7, 11) is 2.73. The van der Waals surface area contributed by atoms with Crippen LogP contribution < -0.4 is 9.47 Å². The van der Waals surface area contributed by atoms with Crippen LogP contribution in [0, 0.1) is 26.0 Å². The van der Waals surface area contributed by atoms with E-state index in [9.17, 15) is 48.0 Å². The minimum atomic E-state index is -4.99. The second-order valence-electron chi connectivity index (χ2n) is 10.6. The highest BCUT2D eigenvalue weighted by molar-refractivity contribution is 5.71. The number of nitro groups is 2. The number of aliphatic hydroxyl groups is 2. The Balaban J connectivity index is 1.87. The second kappa shape index (κ2) is 15.8. The third-order valence-corrected chi connectivity index (χ3v) is 7.21. The van der Waals surface area contributed by atoms with Crippen molar-refractivity contribution in [1.29, 1.82) is 0 Å². The van der Waals surface area contributed by atoms with E-state index in [0.29, 0.717) is 45.5 Å². The van der Waals surface area contributed by atoms with Gasteiger partial charge < -0.3 is 29.2 Å². The van der Waals surface area contributed by atoms with Crippen molar-refractivity contribution in [2.45, 2.75) is 32.2 Å². The lowest BCUT2D eigenvalue weighted by molar-refractivity contribution is -0.385. The largest absolute Gasteiger partial charge is 0.456 e. The van der Waals surface area contributed by atoms with Gasteiger partial charge in [-0.3, -0.25) is 20.2 Å². The summed E-state index contributed by atoms with van der Waals surface area (Å²) < 4.78 is 79.0. The minimum absolute atomic E-state index is 0.0214. The first kappa shape index (κ1) is 36.7. The van der Waals surface area contributed by atoms with Crippen molar-refractivity contribution >= 4 is 11.4 Å². The first-order chi connectivity index (χ1) is 23.3. The smallest absolute Gasteiger partial charge is 0.420 e. The fraction of sp³-hybridized carbons (Fsp3) is 0.273. The number of aliphatic hydroxyl groups excluding tert-OH is 2. The van der Waals surface area contributed by atoms with Crippen LogP contribution in [0.4, 0.5) is 28.9 Å². The molecule has 0 bridgehead atoms. The average Bonchev–Trinajstić information content (AvgIpc) is 3.04. The van der Waals surface area contributed by atoms with Crippen LogP contribution in [-0.4, -0.2) is 47.5 Å². The highest BCUT2D eigenvalue weighted by Crippen LogP contribution is 2.44. The molecule has 0 aliphatic rings. The lowest BCUT2D eigenvalue weighted by Gasteiger charge is -2.21. The molecular weight excluding hydrogens is 660 g/mol. The summed E-state index contributed by atoms with van der Waals surface area (Å²) in [6.07, 6.45) is -4.95. The van der Waals surface area contributed by atoms with Gasteiger partial charge in [-0.2, -0.15) is 13.2 Å². The number of non-ortho nitro benzene ring substituents is 2. The Kier molecular flexibility index (Phi) is 11.8. The molecule has 4 aromatic rings. The standard InChI is InChI=1S/C33H30F4N2O10/c1-46-17-23-13-22(14-24(18-47-2)32(23)48-29-5-3-25(38(42)43)15-27(29)33(35,36)37)21-11-19(7-9-40)31(20(12-21)8-10-41)49-30-6-4-26(39(44)45)16-28(30)34/h3-6,11-16,40-41H,7-10,17-18H2,1-2H3. The molecule has 0 aliphatic carbocycles. The van der Waals surface area contributed by atoms with E-state index in [1.54, 1.807) is 24.3 Å². The lowest BCUT2D eigenvalue weighted by atomic mass is 9.93. The minimum Gasteiger partial charge on any atom is -0.456 e. The van der Waals surface area contributed by atoms with Crippen LogP contribution in [0.2, 0.25) is 0 Å². The van der Waals surface area contributed by atoms with Gasteiger partial charge in [0.2, 0.25) is 0 Å². The number of hydrogen-bond acceptors (Lipinski definition) is 10. The van der Waals surface area contributed by atoms with Crippen molar-refractivity contribution in [3.8, 4) is 34.1 Å². The normalized spacial score (nSPS) is 11.4. The molecular formula is C33H30F4N2O10. The van der Waals surface area contributed by atoms with Crippen molar-refractivity contribution in [3.63, 3.8) is 0 Å². The number of nitrogens with zero attached hydrogens (tertiary/aromatic N) is 2. The Labute approximate surface area is 276 Å². The molecule has 0 radical (unpaired) electrons. The van der Waals surface area contributed by atoms with Crippen LogP contribution in [0.5, 0.6) is 23.0 Å². The van der Waals surface area contributed by atoms with Crippen molar-refractivity contribution in [2.24, 2.45) is 0 Å². The number of nitro benzene ring substituents is 2. The SMILES string of the molecule is COCc1cc(-c2cc(CCO)c(Oc3ccc([N+](=O)[O-])cc3F)c(CCO)c2)cc(COC)c1Oc1ccc([N+](=O)[O-])cc1C(F)(F)F. The number of rotatable bonds is 15. The van der Waals surface area contributed by atoms with Gasteiger partial charge in [-0.25, -0.2) is 4.39 Å². The Morgan fingerprint density at radius 2 is 1.10 bits per heavy atom. The molecule has 0 atom stereocenters. The van der Waals surface area contributed by atoms with Crippen molar-refractivity contribution in [3.05, 3.63) is 115 Å². The van der Waals surface area contributed by atoms with E-state index in [4.69, 9.17) is 18.9 Å². The predicted octanol–water partition coefficient (Wildman–Crippen LogP) is 7.27. The molecule has 0 aromatic heterocycles. The highest BCUT2D eigenvalue weighted by Gasteiger charge is 2.37. The van der Waals surface area contributed by atoms with Gasteiger partial charge in [0.05, 0.1) is 29.1 Å². The van der Waals surface area contributed by atoms with Crippen LogP contribution in [0.1, 0.15) is 27.8 Å². The van der Waals surface area contributed by atoms with Crippen molar-refractivity contribution in [2.75, 3.05) is 27.4 Å². The fourth-order valence-corrected chi connectivity index (χ4v) is 5.09. The molecule has 4 aromatic carbocycles. The van der Waals surface area contributed by atoms with Crippen LogP contribution in [-0.2, 0) is 41.7 Å². The molecule has 4 rings (SSSR count). The maximum Gasteiger partial charge on any atom is 0.420 e. The van der Waals surface area contributed by atoms with Gasteiger partial charge in [0.1, 0.15) is 22.8 Å². The van der Waals surface area contributed by atoms with E-state index < -0.39 is 44.5 Å². The number of methoxy groups -OCH3 is 2. The summed E-state index contributed by atoms with van der Waals surface area (Å²) in [5, 5.41) is 41.9. The zero-order chi connectivity index (χ0) is 35.9. The van der Waals surface area contributed by atoms with Gasteiger partial charge in [-0.1, -0.05) is 0 Å². The van der Waals surface area contributed by atoms with Crippen LogP contribution >= 0.6 is 0 Å². The summed E-state index contributed by atoms with van der Waals surface area (Å²) in [6.45, 7) is -0.979. The van der Waals surface area contributed by atoms with E-state index >= 15 is 0 Å². The zero-order valence-corrected chi connectivity index (χ0v) is 26.1. The predicted molar refractivity (Wildman–Crippen MR) is 166 cm³/mol. The molecule has 260 valence electrons. The van der Waals surface area contributed by atoms with Crippen LogP contribution in [0.3, 0.4) is 0 Å². The first-order valence-corrected chi connectivity index (χ1v) is 14.5. The van der Waals surface area contributed by atoms with Crippen LogP contribution in [0.25, 0.3) is 11.1 Å². The number of ether oxygens (including phenoxy) is 4. The lowest BCUT2D eigenvalue weighted by Crippen LogP contribution is -2.09. The van der Waals surface area contributed by atoms with Gasteiger partial charge in [0, 0.05) is 56.8 Å². The Morgan fingerprint density at radius 1 is 0.673 bits per heavy atom. The highest BCUT2D eigenvalue weighted by atomic mass is 19.4. The summed E-state index contributed by atoms with van der Waals surface area (Å²) in [5.74, 6) is -1.93. The van der Waals surface area contributed by atoms with Crippen molar-refractivity contribution in [1.82, 2.24) is 0 Å². The Morgan fingerprint density at radius 3 is 1.53 bits per heavy atom. The molecule has 0 saturated carbocycles. The maximum absolute atomic E-state index is 14.8. The number of benzene rings is 4. The Hall–Kier alpha value is -5.16. The molecule has 0 fully saturated rings. The molecule has 49 heavy (non-hydrogen) atoms. The second-order valence-corrected chi connectivity index (χ2v) is 10.6. The van der Waals surface area contributed by atoms with Gasteiger partial charge in [0.15, 0.2) is 11.6 Å². The third kappa shape index (κ3) is 8.66. The molecule has 0 amide bonds. The van der Waals surface area contributed by atoms with Crippen LogP contribution in [0.15, 0.2) is 60.7 Å². The first-order valence-electron chi connectivity index (χ1n) is 14.5. The van der Waals surface area contributed by atoms with Gasteiger partial charge in [-0.15, -0.1) is 0 Å². The molecule has 16 heteroatoms. The zero-order valence-electron chi connectivity index (χ0n) is 26.1. The van der Waals surface area contributed by atoms with Gasteiger partial charge in [-0.05, 0) is 71.5 Å². The monoisotopic (exact) mass is 690 g/mol. The van der Waals surface area contributed by atoms with Gasteiger partial charge in [0.25, 0.3) is 11.4 Å². The average molecular weight is 691 g/mol. The molecule has 0 spiro atoms. The summed E-state index contributed by atoms with van der Waals surface area (Å²) in [4.78, 5) is 20.5. The van der Waals surface area contributed by atoms with E-state index in [1.165, 1.54) is 14.2 Å². The number of hydrogen-bond donors (Lipinski definition) is 2. The molecule has 0 heterocycles. The molecule has 0 aliphatic heterocycles. The molecule has 2 N–H and O–H groups in total. The quantitative estimate of drug-likeness (QED) is 0.0736. The summed E-state index contributed by atoms with van der Waals surface area (Å²) in [6, 6.07) is 11.4. The topological polar surface area (TPSA) is 164 Å². The van der Waals surface area contributed by atoms with Crippen molar-refractivity contribution < 1.29 is 56.6 Å². The third-order valence-electron chi connectivity index (χ3n) is 7.21. The summed E-state index contributed by atoms with van der Waals surface area (Å²) in [5.41, 5.74) is -0.245.